The second-order valence-electron chi connectivity index (χ2n) is 4.88. The molecule has 124 valence electrons. The molecular formula is C17H18N4O3. The summed E-state index contributed by atoms with van der Waals surface area (Å²) in [6.07, 6.45) is 4.49. The van der Waals surface area contributed by atoms with Crippen LogP contribution in [0.3, 0.4) is 0 Å². The van der Waals surface area contributed by atoms with E-state index in [0.717, 1.165) is 11.1 Å². The van der Waals surface area contributed by atoms with Gasteiger partial charge in [0.15, 0.2) is 0 Å². The standard InChI is InChI=1S/C17H18N4O3/c1-24-15-6-2-4-13(8-15)12-20-21-17(23)9-16(22)19-11-14-5-3-7-18-10-14/h2-8,10,12H,9,11H2,1H3,(H,19,22)(H,21,23)/b20-12+. The predicted molar refractivity (Wildman–Crippen MR) is 89.4 cm³/mol. The van der Waals surface area contributed by atoms with Gasteiger partial charge in [0.2, 0.25) is 11.8 Å². The van der Waals surface area contributed by atoms with Gasteiger partial charge in [-0.2, -0.15) is 5.10 Å². The van der Waals surface area contributed by atoms with Crippen molar-refractivity contribution in [2.75, 3.05) is 7.11 Å². The van der Waals surface area contributed by atoms with Crippen molar-refractivity contribution in [2.24, 2.45) is 5.10 Å². The second-order valence-corrected chi connectivity index (χ2v) is 4.88. The van der Waals surface area contributed by atoms with E-state index >= 15 is 0 Å². The summed E-state index contributed by atoms with van der Waals surface area (Å²) in [5.41, 5.74) is 3.95. The molecule has 0 fully saturated rings. The highest BCUT2D eigenvalue weighted by Crippen LogP contribution is 2.10. The number of hydrazone groups is 1. The molecule has 0 atom stereocenters. The molecule has 0 aliphatic heterocycles. The summed E-state index contributed by atoms with van der Waals surface area (Å²) in [4.78, 5) is 27.3. The third kappa shape index (κ3) is 5.88. The monoisotopic (exact) mass is 326 g/mol. The number of ether oxygens (including phenoxy) is 1. The molecule has 0 saturated carbocycles. The van der Waals surface area contributed by atoms with E-state index in [1.165, 1.54) is 6.21 Å². The first kappa shape index (κ1) is 17.1. The Morgan fingerprint density at radius 2 is 2.12 bits per heavy atom. The minimum atomic E-state index is -0.488. The smallest absolute Gasteiger partial charge is 0.249 e. The maximum Gasteiger partial charge on any atom is 0.249 e. The summed E-state index contributed by atoms with van der Waals surface area (Å²) in [5, 5.41) is 6.46. The van der Waals surface area contributed by atoms with Gasteiger partial charge in [0.1, 0.15) is 12.2 Å². The average Bonchev–Trinajstić information content (AvgIpc) is 2.61. The van der Waals surface area contributed by atoms with Crippen LogP contribution in [0, 0.1) is 0 Å². The summed E-state index contributed by atoms with van der Waals surface area (Å²) in [6, 6.07) is 10.8. The molecule has 1 heterocycles. The summed E-state index contributed by atoms with van der Waals surface area (Å²) < 4.78 is 5.09. The molecule has 0 bridgehead atoms. The van der Waals surface area contributed by atoms with E-state index < -0.39 is 5.91 Å². The van der Waals surface area contributed by atoms with Crippen molar-refractivity contribution < 1.29 is 14.3 Å². The molecule has 0 saturated heterocycles. The first-order chi connectivity index (χ1) is 11.7. The Balaban J connectivity index is 1.74. The van der Waals surface area contributed by atoms with Crippen LogP contribution in [0.2, 0.25) is 0 Å². The molecule has 2 rings (SSSR count). The lowest BCUT2D eigenvalue weighted by molar-refractivity contribution is -0.129. The van der Waals surface area contributed by atoms with Crippen molar-refractivity contribution in [2.45, 2.75) is 13.0 Å². The average molecular weight is 326 g/mol. The number of hydrogen-bond donors (Lipinski definition) is 2. The maximum absolute atomic E-state index is 11.7. The van der Waals surface area contributed by atoms with Gasteiger partial charge in [-0.05, 0) is 29.3 Å². The van der Waals surface area contributed by atoms with Crippen LogP contribution in [0.4, 0.5) is 0 Å². The molecule has 1 aromatic carbocycles. The Morgan fingerprint density at radius 3 is 2.88 bits per heavy atom. The van der Waals surface area contributed by atoms with Gasteiger partial charge < -0.3 is 10.1 Å². The normalized spacial score (nSPS) is 10.4. The summed E-state index contributed by atoms with van der Waals surface area (Å²) in [5.74, 6) is -0.175. The zero-order chi connectivity index (χ0) is 17.2. The van der Waals surface area contributed by atoms with Crippen LogP contribution in [0.5, 0.6) is 5.75 Å². The lowest BCUT2D eigenvalue weighted by atomic mass is 10.2. The number of nitrogens with zero attached hydrogens (tertiary/aromatic N) is 2. The minimum Gasteiger partial charge on any atom is -0.497 e. The quantitative estimate of drug-likeness (QED) is 0.455. The van der Waals surface area contributed by atoms with E-state index in [0.29, 0.717) is 12.3 Å². The Labute approximate surface area is 139 Å². The Hall–Kier alpha value is -3.22. The molecule has 24 heavy (non-hydrogen) atoms. The van der Waals surface area contributed by atoms with Gasteiger partial charge in [0, 0.05) is 18.9 Å². The zero-order valence-electron chi connectivity index (χ0n) is 13.2. The van der Waals surface area contributed by atoms with Crippen LogP contribution >= 0.6 is 0 Å². The van der Waals surface area contributed by atoms with Crippen molar-refractivity contribution >= 4 is 18.0 Å². The molecule has 0 unspecified atom stereocenters. The Morgan fingerprint density at radius 1 is 1.25 bits per heavy atom. The number of nitrogens with one attached hydrogen (secondary N) is 2. The fourth-order valence-corrected chi connectivity index (χ4v) is 1.85. The van der Waals surface area contributed by atoms with Crippen molar-refractivity contribution in [3.8, 4) is 5.75 Å². The van der Waals surface area contributed by atoms with Gasteiger partial charge in [0.05, 0.1) is 13.3 Å². The number of aromatic nitrogens is 1. The third-order valence-electron chi connectivity index (χ3n) is 3.03. The molecule has 0 radical (unpaired) electrons. The number of pyridine rings is 1. The SMILES string of the molecule is COc1cccc(/C=N/NC(=O)CC(=O)NCc2cccnc2)c1. The number of rotatable bonds is 7. The van der Waals surface area contributed by atoms with Crippen LogP contribution < -0.4 is 15.5 Å². The van der Waals surface area contributed by atoms with Crippen LogP contribution in [-0.4, -0.2) is 30.1 Å². The van der Waals surface area contributed by atoms with Crippen LogP contribution in [0.25, 0.3) is 0 Å². The molecule has 7 heteroatoms. The summed E-state index contributed by atoms with van der Waals surface area (Å²) >= 11 is 0. The van der Waals surface area contributed by atoms with E-state index in [1.807, 2.05) is 24.3 Å². The first-order valence-electron chi connectivity index (χ1n) is 7.29. The van der Waals surface area contributed by atoms with Gasteiger partial charge in [-0.15, -0.1) is 0 Å². The molecule has 1 aromatic heterocycles. The number of benzene rings is 1. The largest absolute Gasteiger partial charge is 0.497 e. The maximum atomic E-state index is 11.7. The fourth-order valence-electron chi connectivity index (χ4n) is 1.85. The second kappa shape index (κ2) is 9.04. The molecule has 7 nitrogen and oxygen atoms in total. The van der Waals surface area contributed by atoms with Gasteiger partial charge in [0.25, 0.3) is 0 Å². The van der Waals surface area contributed by atoms with E-state index in [-0.39, 0.29) is 12.3 Å². The van der Waals surface area contributed by atoms with E-state index in [4.69, 9.17) is 4.74 Å². The van der Waals surface area contributed by atoms with Gasteiger partial charge in [-0.25, -0.2) is 5.43 Å². The molecular weight excluding hydrogens is 308 g/mol. The third-order valence-corrected chi connectivity index (χ3v) is 3.03. The van der Waals surface area contributed by atoms with E-state index in [1.54, 1.807) is 31.6 Å². The zero-order valence-corrected chi connectivity index (χ0v) is 13.2. The summed E-state index contributed by atoms with van der Waals surface area (Å²) in [7, 11) is 1.57. The molecule has 0 aliphatic rings. The Bertz CT molecular complexity index is 717. The van der Waals surface area contributed by atoms with Crippen LogP contribution in [0.1, 0.15) is 17.5 Å². The molecule has 2 aromatic rings. The van der Waals surface area contributed by atoms with Crippen LogP contribution in [-0.2, 0) is 16.1 Å². The molecule has 2 amide bonds. The number of methoxy groups -OCH3 is 1. The predicted octanol–water partition coefficient (Wildman–Crippen LogP) is 1.25. The van der Waals surface area contributed by atoms with E-state index in [9.17, 15) is 9.59 Å². The molecule has 0 aliphatic carbocycles. The lowest BCUT2D eigenvalue weighted by Crippen LogP contribution is -2.29. The fraction of sp³-hybridized carbons (Fsp3) is 0.176. The van der Waals surface area contributed by atoms with Gasteiger partial charge >= 0.3 is 0 Å². The van der Waals surface area contributed by atoms with Crippen LogP contribution in [0.15, 0.2) is 53.9 Å². The van der Waals surface area contributed by atoms with Crippen molar-refractivity contribution in [1.82, 2.24) is 15.7 Å². The number of amides is 2. The summed E-state index contributed by atoms with van der Waals surface area (Å²) in [6.45, 7) is 0.326. The van der Waals surface area contributed by atoms with Gasteiger partial charge in [-0.3, -0.25) is 14.6 Å². The number of carbonyl (C=O) groups is 2. The molecule has 2 N–H and O–H groups in total. The topological polar surface area (TPSA) is 92.7 Å². The highest BCUT2D eigenvalue weighted by Gasteiger charge is 2.08. The highest BCUT2D eigenvalue weighted by atomic mass is 16.5. The Kier molecular flexibility index (Phi) is 6.46. The van der Waals surface area contributed by atoms with Crippen molar-refractivity contribution in [3.63, 3.8) is 0 Å². The van der Waals surface area contributed by atoms with Crippen molar-refractivity contribution in [3.05, 3.63) is 59.9 Å². The number of carbonyl (C=O) groups excluding carboxylic acids is 2. The van der Waals surface area contributed by atoms with Crippen molar-refractivity contribution in [1.29, 1.82) is 0 Å². The minimum absolute atomic E-state index is 0.296. The highest BCUT2D eigenvalue weighted by molar-refractivity contribution is 5.97. The first-order valence-corrected chi connectivity index (χ1v) is 7.29. The van der Waals surface area contributed by atoms with Gasteiger partial charge in [-0.1, -0.05) is 18.2 Å². The van der Waals surface area contributed by atoms with E-state index in [2.05, 4.69) is 20.8 Å². The number of hydrogen-bond acceptors (Lipinski definition) is 5. The lowest BCUT2D eigenvalue weighted by Gasteiger charge is -2.04. The molecule has 0 spiro atoms.